The molecule has 0 heterocycles. The van der Waals surface area contributed by atoms with Crippen LogP contribution in [-0.4, -0.2) is 18.2 Å². The van der Waals surface area contributed by atoms with Gasteiger partial charge in [0.2, 0.25) is 0 Å². The number of ether oxygens (including phenoxy) is 1. The maximum Gasteiger partial charge on any atom is 0.153 e. The summed E-state index contributed by atoms with van der Waals surface area (Å²) in [5, 5.41) is 1.32. The molecule has 0 amide bonds. The van der Waals surface area contributed by atoms with E-state index in [0.29, 0.717) is 22.9 Å². The first-order chi connectivity index (χ1) is 7.27. The quantitative estimate of drug-likeness (QED) is 0.471. The molecule has 0 aliphatic carbocycles. The van der Waals surface area contributed by atoms with E-state index in [4.69, 9.17) is 16.3 Å². The lowest BCUT2D eigenvalue weighted by Crippen LogP contribution is -1.97. The van der Waals surface area contributed by atoms with E-state index in [0.717, 1.165) is 11.6 Å². The van der Waals surface area contributed by atoms with Crippen LogP contribution in [0.4, 0.5) is 0 Å². The van der Waals surface area contributed by atoms with Gasteiger partial charge in [-0.05, 0) is 18.2 Å². The fourth-order valence-corrected chi connectivity index (χ4v) is 1.46. The van der Waals surface area contributed by atoms with Gasteiger partial charge in [0.05, 0.1) is 5.56 Å². The normalized spacial score (nSPS) is 10.5. The summed E-state index contributed by atoms with van der Waals surface area (Å²) in [6.45, 7) is 0.439. The molecular weight excluding hydrogens is 279 g/mol. The summed E-state index contributed by atoms with van der Waals surface area (Å²) in [6, 6.07) is 4.96. The summed E-state index contributed by atoms with van der Waals surface area (Å²) in [4.78, 5) is 10.7. The molecule has 0 aliphatic heterocycles. The summed E-state index contributed by atoms with van der Waals surface area (Å²) < 4.78 is 5.39. The summed E-state index contributed by atoms with van der Waals surface area (Å²) in [5.41, 5.74) is 0.467. The third-order valence-corrected chi connectivity index (χ3v) is 2.30. The van der Waals surface area contributed by atoms with E-state index < -0.39 is 0 Å². The van der Waals surface area contributed by atoms with Crippen LogP contribution in [0, 0.1) is 0 Å². The van der Waals surface area contributed by atoms with Crippen LogP contribution in [0.3, 0.4) is 0 Å². The average Bonchev–Trinajstić information content (AvgIpc) is 2.26. The van der Waals surface area contributed by atoms with Crippen LogP contribution in [0.2, 0.25) is 5.02 Å². The zero-order chi connectivity index (χ0) is 11.1. The molecule has 0 unspecified atom stereocenters. The Morgan fingerprint density at radius 1 is 1.40 bits per heavy atom. The molecule has 4 heteroatoms. The monoisotopic (exact) mass is 288 g/mol. The number of alkyl halides is 1. The maximum atomic E-state index is 10.7. The fraction of sp³-hybridized carbons (Fsp3) is 0.182. The van der Waals surface area contributed by atoms with E-state index in [-0.39, 0.29) is 0 Å². The van der Waals surface area contributed by atoms with Crippen molar-refractivity contribution in [3.05, 3.63) is 40.9 Å². The molecule has 15 heavy (non-hydrogen) atoms. The molecule has 1 rings (SSSR count). The predicted octanol–water partition coefficient (Wildman–Crippen LogP) is 3.48. The first-order valence-electron chi connectivity index (χ1n) is 4.36. The molecule has 2 nitrogen and oxygen atoms in total. The van der Waals surface area contributed by atoms with Crippen molar-refractivity contribution in [2.75, 3.05) is 11.9 Å². The third kappa shape index (κ3) is 4.06. The molecule has 0 spiro atoms. The largest absolute Gasteiger partial charge is 0.489 e. The Labute approximate surface area is 102 Å². The summed E-state index contributed by atoms with van der Waals surface area (Å²) >= 11 is 9.00. The summed E-state index contributed by atoms with van der Waals surface area (Å²) in [6.07, 6.45) is 4.53. The van der Waals surface area contributed by atoms with Crippen LogP contribution in [0.5, 0.6) is 5.75 Å². The molecule has 0 fully saturated rings. The number of rotatable bonds is 5. The minimum atomic E-state index is 0.439. The molecule has 1 aromatic rings. The molecule has 80 valence electrons. The zero-order valence-corrected chi connectivity index (χ0v) is 10.3. The van der Waals surface area contributed by atoms with Gasteiger partial charge in [-0.15, -0.1) is 0 Å². The second-order valence-electron chi connectivity index (χ2n) is 2.74. The van der Waals surface area contributed by atoms with E-state index >= 15 is 0 Å². The number of carbonyl (C=O) groups is 1. The van der Waals surface area contributed by atoms with E-state index in [1.807, 2.05) is 12.2 Å². The number of carbonyl (C=O) groups excluding carboxylic acids is 1. The number of hydrogen-bond acceptors (Lipinski definition) is 2. The Morgan fingerprint density at radius 2 is 2.20 bits per heavy atom. The standard InChI is InChI=1S/C11H10BrClO2/c12-5-1-2-6-15-11-4-3-10(13)7-9(11)8-14/h1-4,7-8H,5-6H2. The average molecular weight is 290 g/mol. The van der Waals surface area contributed by atoms with Gasteiger partial charge in [-0.1, -0.05) is 39.7 Å². The van der Waals surface area contributed by atoms with Crippen molar-refractivity contribution in [3.63, 3.8) is 0 Å². The topological polar surface area (TPSA) is 26.3 Å². The second-order valence-corrected chi connectivity index (χ2v) is 3.82. The van der Waals surface area contributed by atoms with Crippen LogP contribution in [-0.2, 0) is 0 Å². The van der Waals surface area contributed by atoms with Crippen molar-refractivity contribution in [1.82, 2.24) is 0 Å². The Hall–Kier alpha value is -0.800. The van der Waals surface area contributed by atoms with Crippen molar-refractivity contribution >= 4 is 33.8 Å². The Balaban J connectivity index is 2.67. The molecule has 0 aliphatic rings. The first kappa shape index (κ1) is 12.3. The molecule has 0 radical (unpaired) electrons. The van der Waals surface area contributed by atoms with Crippen molar-refractivity contribution in [3.8, 4) is 5.75 Å². The molecule has 0 saturated carbocycles. The van der Waals surface area contributed by atoms with Gasteiger partial charge >= 0.3 is 0 Å². The Kier molecular flexibility index (Phi) is 5.43. The smallest absolute Gasteiger partial charge is 0.153 e. The lowest BCUT2D eigenvalue weighted by molar-refractivity contribution is 0.112. The van der Waals surface area contributed by atoms with Gasteiger partial charge in [-0.2, -0.15) is 0 Å². The van der Waals surface area contributed by atoms with Gasteiger partial charge in [0, 0.05) is 10.4 Å². The van der Waals surface area contributed by atoms with Gasteiger partial charge in [0.25, 0.3) is 0 Å². The van der Waals surface area contributed by atoms with Gasteiger partial charge in [0.1, 0.15) is 12.4 Å². The van der Waals surface area contributed by atoms with E-state index in [1.165, 1.54) is 0 Å². The van der Waals surface area contributed by atoms with E-state index in [1.54, 1.807) is 18.2 Å². The number of benzene rings is 1. The van der Waals surface area contributed by atoms with Gasteiger partial charge < -0.3 is 4.74 Å². The highest BCUT2D eigenvalue weighted by molar-refractivity contribution is 9.09. The van der Waals surface area contributed by atoms with Gasteiger partial charge in [-0.3, -0.25) is 4.79 Å². The molecule has 1 aromatic carbocycles. The van der Waals surface area contributed by atoms with Crippen LogP contribution < -0.4 is 4.74 Å². The molecule has 0 N–H and O–H groups in total. The molecule has 0 saturated heterocycles. The minimum absolute atomic E-state index is 0.439. The van der Waals surface area contributed by atoms with Crippen LogP contribution in [0.25, 0.3) is 0 Å². The molecule has 0 atom stereocenters. The zero-order valence-electron chi connectivity index (χ0n) is 7.95. The molecular formula is C11H10BrClO2. The minimum Gasteiger partial charge on any atom is -0.489 e. The first-order valence-corrected chi connectivity index (χ1v) is 5.86. The highest BCUT2D eigenvalue weighted by Crippen LogP contribution is 2.21. The van der Waals surface area contributed by atoms with Crippen molar-refractivity contribution in [2.45, 2.75) is 0 Å². The summed E-state index contributed by atoms with van der Waals surface area (Å²) in [7, 11) is 0. The lowest BCUT2D eigenvalue weighted by atomic mass is 10.2. The Morgan fingerprint density at radius 3 is 2.87 bits per heavy atom. The maximum absolute atomic E-state index is 10.7. The predicted molar refractivity (Wildman–Crippen MR) is 65.3 cm³/mol. The number of aldehydes is 1. The van der Waals surface area contributed by atoms with Gasteiger partial charge in [-0.25, -0.2) is 0 Å². The van der Waals surface area contributed by atoms with Crippen LogP contribution >= 0.6 is 27.5 Å². The third-order valence-electron chi connectivity index (χ3n) is 1.69. The van der Waals surface area contributed by atoms with Crippen LogP contribution in [0.15, 0.2) is 30.4 Å². The van der Waals surface area contributed by atoms with Gasteiger partial charge in [0.15, 0.2) is 6.29 Å². The van der Waals surface area contributed by atoms with Crippen molar-refractivity contribution in [1.29, 1.82) is 0 Å². The highest BCUT2D eigenvalue weighted by atomic mass is 79.9. The van der Waals surface area contributed by atoms with Crippen molar-refractivity contribution in [2.24, 2.45) is 0 Å². The SMILES string of the molecule is O=Cc1cc(Cl)ccc1OCC=CCBr. The lowest BCUT2D eigenvalue weighted by Gasteiger charge is -2.05. The molecule has 0 aromatic heterocycles. The van der Waals surface area contributed by atoms with Crippen LogP contribution in [0.1, 0.15) is 10.4 Å². The molecule has 0 bridgehead atoms. The van der Waals surface area contributed by atoms with E-state index in [9.17, 15) is 4.79 Å². The number of halogens is 2. The Bertz CT molecular complexity index is 364. The van der Waals surface area contributed by atoms with E-state index in [2.05, 4.69) is 15.9 Å². The number of hydrogen-bond donors (Lipinski definition) is 0. The highest BCUT2D eigenvalue weighted by Gasteiger charge is 2.02. The second kappa shape index (κ2) is 6.64. The summed E-state index contributed by atoms with van der Waals surface area (Å²) in [5.74, 6) is 0.550. The fourth-order valence-electron chi connectivity index (χ4n) is 1.01. The number of allylic oxidation sites excluding steroid dienone is 1. The van der Waals surface area contributed by atoms with Crippen molar-refractivity contribution < 1.29 is 9.53 Å².